The zero-order valence-corrected chi connectivity index (χ0v) is 20.9. The Kier molecular flexibility index (Phi) is 7.47. The molecule has 1 amide bonds. The van der Waals surface area contributed by atoms with Crippen molar-refractivity contribution in [1.82, 2.24) is 5.32 Å². The van der Waals surface area contributed by atoms with Crippen molar-refractivity contribution < 1.29 is 39.2 Å². The number of aromatic hydroxyl groups is 2. The van der Waals surface area contributed by atoms with Gasteiger partial charge in [-0.15, -0.1) is 0 Å². The Morgan fingerprint density at radius 1 is 0.868 bits per heavy atom. The van der Waals surface area contributed by atoms with E-state index >= 15 is 0 Å². The van der Waals surface area contributed by atoms with Crippen LogP contribution in [0.1, 0.15) is 77.4 Å². The standard InChI is InChI=1S/C29H27NO8/c1-15-13-18(14-16(2)24(15)26(33)25-20(28(35)36)5-3-7-22(25)32)29(37)38-23-8-4-6-21(23)30-27(34)17-9-11-19(31)12-10-17/h3,5,7,9-14,21,23,31-32H,4,6,8H2,1-2H3,(H,30,34)(H,35,36)/t21-,23-/m1/s1. The van der Waals surface area contributed by atoms with Gasteiger partial charge in [0.25, 0.3) is 5.91 Å². The first-order valence-electron chi connectivity index (χ1n) is 12.1. The van der Waals surface area contributed by atoms with Crippen LogP contribution in [-0.2, 0) is 4.74 Å². The second-order valence-corrected chi connectivity index (χ2v) is 9.32. The number of nitrogens with one attached hydrogen (secondary N) is 1. The van der Waals surface area contributed by atoms with Gasteiger partial charge in [-0.1, -0.05) is 6.07 Å². The van der Waals surface area contributed by atoms with E-state index in [1.165, 1.54) is 54.6 Å². The number of phenols is 2. The van der Waals surface area contributed by atoms with Crippen molar-refractivity contribution in [2.45, 2.75) is 45.3 Å². The normalized spacial score (nSPS) is 16.6. The number of phenolic OH excluding ortho intramolecular Hbond substituents is 2. The number of carboxylic acids is 1. The molecule has 0 saturated heterocycles. The Balaban J connectivity index is 1.52. The van der Waals surface area contributed by atoms with Gasteiger partial charge in [-0.2, -0.15) is 0 Å². The predicted molar refractivity (Wildman–Crippen MR) is 137 cm³/mol. The number of carbonyl (C=O) groups excluding carboxylic acids is 3. The second kappa shape index (κ2) is 10.8. The molecule has 9 nitrogen and oxygen atoms in total. The average molecular weight is 518 g/mol. The van der Waals surface area contributed by atoms with Gasteiger partial charge in [-0.25, -0.2) is 9.59 Å². The number of carbonyl (C=O) groups is 4. The van der Waals surface area contributed by atoms with Crippen LogP contribution in [-0.4, -0.2) is 51.1 Å². The Morgan fingerprint density at radius 3 is 2.16 bits per heavy atom. The van der Waals surface area contributed by atoms with Crippen LogP contribution in [0.15, 0.2) is 54.6 Å². The minimum Gasteiger partial charge on any atom is -0.508 e. The van der Waals surface area contributed by atoms with E-state index in [-0.39, 0.29) is 40.0 Å². The zero-order chi connectivity index (χ0) is 27.6. The van der Waals surface area contributed by atoms with Crippen LogP contribution in [0.4, 0.5) is 0 Å². The van der Waals surface area contributed by atoms with Crippen LogP contribution < -0.4 is 5.32 Å². The highest BCUT2D eigenvalue weighted by Crippen LogP contribution is 2.29. The third kappa shape index (κ3) is 5.36. The minimum atomic E-state index is -1.34. The van der Waals surface area contributed by atoms with Crippen molar-refractivity contribution in [3.63, 3.8) is 0 Å². The highest BCUT2D eigenvalue weighted by molar-refractivity contribution is 6.17. The van der Waals surface area contributed by atoms with E-state index in [9.17, 15) is 34.5 Å². The van der Waals surface area contributed by atoms with Gasteiger partial charge in [0.2, 0.25) is 0 Å². The van der Waals surface area contributed by atoms with Crippen molar-refractivity contribution in [2.75, 3.05) is 0 Å². The fourth-order valence-electron chi connectivity index (χ4n) is 4.82. The number of aromatic carboxylic acids is 1. The molecule has 0 bridgehead atoms. The SMILES string of the molecule is Cc1cc(C(=O)O[C@@H]2CCC[C@H]2NC(=O)c2ccc(O)cc2)cc(C)c1C(=O)c1c(O)cccc1C(=O)O. The molecule has 3 aromatic carbocycles. The molecule has 0 unspecified atom stereocenters. The molecule has 0 spiro atoms. The molecule has 4 rings (SSSR count). The number of esters is 1. The van der Waals surface area contributed by atoms with Gasteiger partial charge < -0.3 is 25.4 Å². The molecule has 3 aromatic rings. The van der Waals surface area contributed by atoms with Gasteiger partial charge >= 0.3 is 11.9 Å². The summed E-state index contributed by atoms with van der Waals surface area (Å²) < 4.78 is 5.73. The summed E-state index contributed by atoms with van der Waals surface area (Å²) in [4.78, 5) is 50.5. The summed E-state index contributed by atoms with van der Waals surface area (Å²) in [5.74, 6) is -3.35. The summed E-state index contributed by atoms with van der Waals surface area (Å²) in [6.45, 7) is 3.24. The monoisotopic (exact) mass is 517 g/mol. The summed E-state index contributed by atoms with van der Waals surface area (Å²) in [5.41, 5.74) is 0.976. The molecular weight excluding hydrogens is 490 g/mol. The molecule has 38 heavy (non-hydrogen) atoms. The molecule has 0 heterocycles. The fourth-order valence-corrected chi connectivity index (χ4v) is 4.82. The van der Waals surface area contributed by atoms with Crippen LogP contribution in [0.2, 0.25) is 0 Å². The van der Waals surface area contributed by atoms with E-state index < -0.39 is 29.6 Å². The molecule has 4 N–H and O–H groups in total. The first-order chi connectivity index (χ1) is 18.1. The predicted octanol–water partition coefficient (Wildman–Crippen LogP) is 4.15. The first kappa shape index (κ1) is 26.4. The molecule has 0 radical (unpaired) electrons. The molecular formula is C29H27NO8. The number of ketones is 1. The van der Waals surface area contributed by atoms with Gasteiger partial charge in [0.1, 0.15) is 17.6 Å². The number of aryl methyl sites for hydroxylation is 2. The summed E-state index contributed by atoms with van der Waals surface area (Å²) in [6, 6.07) is 12.3. The van der Waals surface area contributed by atoms with E-state index in [0.717, 1.165) is 6.42 Å². The van der Waals surface area contributed by atoms with E-state index in [1.54, 1.807) is 13.8 Å². The maximum atomic E-state index is 13.3. The maximum Gasteiger partial charge on any atom is 0.338 e. The van der Waals surface area contributed by atoms with Crippen molar-refractivity contribution in [3.05, 3.63) is 93.5 Å². The molecule has 196 valence electrons. The second-order valence-electron chi connectivity index (χ2n) is 9.32. The molecule has 9 heteroatoms. The summed E-state index contributed by atoms with van der Waals surface area (Å²) in [5, 5.41) is 32.0. The van der Waals surface area contributed by atoms with Gasteiger partial charge in [-0.05, 0) is 92.8 Å². The Hall–Kier alpha value is -4.66. The molecule has 0 aromatic heterocycles. The van der Waals surface area contributed by atoms with Crippen LogP contribution >= 0.6 is 0 Å². The zero-order valence-electron chi connectivity index (χ0n) is 20.9. The lowest BCUT2D eigenvalue weighted by Gasteiger charge is -2.22. The number of carboxylic acid groups (broad SMARTS) is 1. The smallest absolute Gasteiger partial charge is 0.338 e. The van der Waals surface area contributed by atoms with Crippen molar-refractivity contribution >= 4 is 23.6 Å². The number of benzene rings is 3. The first-order valence-corrected chi connectivity index (χ1v) is 12.1. The van der Waals surface area contributed by atoms with Gasteiger partial charge in [-0.3, -0.25) is 9.59 Å². The Bertz CT molecular complexity index is 1400. The quantitative estimate of drug-likeness (QED) is 0.270. The highest BCUT2D eigenvalue weighted by Gasteiger charge is 2.33. The minimum absolute atomic E-state index is 0.0513. The maximum absolute atomic E-state index is 13.3. The van der Waals surface area contributed by atoms with Crippen LogP contribution in [0.5, 0.6) is 11.5 Å². The van der Waals surface area contributed by atoms with Gasteiger partial charge in [0.15, 0.2) is 5.78 Å². The lowest BCUT2D eigenvalue weighted by Crippen LogP contribution is -2.42. The highest BCUT2D eigenvalue weighted by atomic mass is 16.5. The van der Waals surface area contributed by atoms with E-state index in [1.807, 2.05) is 0 Å². The Labute approximate surface area is 218 Å². The molecule has 1 saturated carbocycles. The number of hydrogen-bond acceptors (Lipinski definition) is 7. The van der Waals surface area contributed by atoms with Crippen molar-refractivity contribution in [2.24, 2.45) is 0 Å². The molecule has 2 atom stereocenters. The van der Waals surface area contributed by atoms with Gasteiger partial charge in [0.05, 0.1) is 22.7 Å². The molecule has 1 fully saturated rings. The number of hydrogen-bond donors (Lipinski definition) is 4. The van der Waals surface area contributed by atoms with Crippen LogP contribution in [0.25, 0.3) is 0 Å². The average Bonchev–Trinajstić information content (AvgIpc) is 3.29. The van der Waals surface area contributed by atoms with Crippen LogP contribution in [0, 0.1) is 13.8 Å². The molecule has 1 aliphatic carbocycles. The van der Waals surface area contributed by atoms with E-state index in [4.69, 9.17) is 4.74 Å². The lowest BCUT2D eigenvalue weighted by molar-refractivity contribution is 0.0250. The van der Waals surface area contributed by atoms with E-state index in [2.05, 4.69) is 5.32 Å². The molecule has 0 aliphatic heterocycles. The third-order valence-corrected chi connectivity index (χ3v) is 6.65. The third-order valence-electron chi connectivity index (χ3n) is 6.65. The van der Waals surface area contributed by atoms with Crippen molar-refractivity contribution in [1.29, 1.82) is 0 Å². The lowest BCUT2D eigenvalue weighted by atomic mass is 9.90. The summed E-state index contributed by atoms with van der Waals surface area (Å²) in [7, 11) is 0. The number of ether oxygens (including phenoxy) is 1. The summed E-state index contributed by atoms with van der Waals surface area (Å²) in [6.07, 6.45) is 1.44. The fraction of sp³-hybridized carbons (Fsp3) is 0.241. The number of amides is 1. The topological polar surface area (TPSA) is 150 Å². The Morgan fingerprint density at radius 2 is 1.53 bits per heavy atom. The number of rotatable bonds is 7. The summed E-state index contributed by atoms with van der Waals surface area (Å²) >= 11 is 0. The van der Waals surface area contributed by atoms with Crippen LogP contribution in [0.3, 0.4) is 0 Å². The largest absolute Gasteiger partial charge is 0.508 e. The van der Waals surface area contributed by atoms with Crippen molar-refractivity contribution in [3.8, 4) is 11.5 Å². The van der Waals surface area contributed by atoms with Gasteiger partial charge in [0, 0.05) is 11.1 Å². The van der Waals surface area contributed by atoms with E-state index in [0.29, 0.717) is 29.5 Å². The molecule has 1 aliphatic rings.